The third-order valence-electron chi connectivity index (χ3n) is 4.57. The van der Waals surface area contributed by atoms with Gasteiger partial charge >= 0.3 is 0 Å². The van der Waals surface area contributed by atoms with Gasteiger partial charge in [-0.3, -0.25) is 4.79 Å². The zero-order chi connectivity index (χ0) is 19.4. The Hall–Kier alpha value is -3.58. The summed E-state index contributed by atoms with van der Waals surface area (Å²) in [6.07, 6.45) is 1.50. The smallest absolute Gasteiger partial charge is 0.259 e. The number of primary amides is 1. The van der Waals surface area contributed by atoms with Crippen LogP contribution in [0.5, 0.6) is 5.75 Å². The molecule has 0 aliphatic rings. The van der Waals surface area contributed by atoms with Crippen molar-refractivity contribution in [3.63, 3.8) is 0 Å². The highest BCUT2D eigenvalue weighted by atomic mass is 16.5. The van der Waals surface area contributed by atoms with Crippen LogP contribution in [0.15, 0.2) is 60.2 Å². The van der Waals surface area contributed by atoms with Crippen molar-refractivity contribution < 1.29 is 9.53 Å². The monoisotopic (exact) mass is 356 g/mol. The van der Waals surface area contributed by atoms with Crippen molar-refractivity contribution in [2.24, 2.45) is 5.73 Å². The lowest BCUT2D eigenvalue weighted by molar-refractivity contribution is -0.114. The van der Waals surface area contributed by atoms with Gasteiger partial charge in [0.15, 0.2) is 0 Å². The lowest BCUT2D eigenvalue weighted by Crippen LogP contribution is -2.12. The molecule has 0 bridgehead atoms. The van der Waals surface area contributed by atoms with Crippen molar-refractivity contribution in [2.75, 3.05) is 0 Å². The Bertz CT molecular complexity index is 1090. The Morgan fingerprint density at radius 1 is 1.11 bits per heavy atom. The van der Waals surface area contributed by atoms with Crippen LogP contribution in [0.4, 0.5) is 0 Å². The van der Waals surface area contributed by atoms with Gasteiger partial charge in [-0.05, 0) is 53.5 Å². The van der Waals surface area contributed by atoms with Crippen molar-refractivity contribution in [3.05, 3.63) is 82.4 Å². The van der Waals surface area contributed by atoms with Crippen LogP contribution in [0.25, 0.3) is 16.8 Å². The third kappa shape index (κ3) is 3.99. The molecule has 1 amide bonds. The van der Waals surface area contributed by atoms with E-state index in [0.29, 0.717) is 17.9 Å². The number of amides is 1. The van der Waals surface area contributed by atoms with E-state index in [9.17, 15) is 10.1 Å². The Balaban J connectivity index is 2.04. The lowest BCUT2D eigenvalue weighted by atomic mass is 10.0. The van der Waals surface area contributed by atoms with Crippen molar-refractivity contribution in [2.45, 2.75) is 20.5 Å². The second-order valence-electron chi connectivity index (χ2n) is 6.44. The second-order valence-corrected chi connectivity index (χ2v) is 6.44. The fourth-order valence-electron chi connectivity index (χ4n) is 2.91. The number of ether oxygens (including phenoxy) is 1. The third-order valence-corrected chi connectivity index (χ3v) is 4.57. The lowest BCUT2D eigenvalue weighted by Gasteiger charge is -2.13. The standard InChI is InChI=1S/C23H20N2O2/c1-15-7-8-17(11-16(15)2)14-27-22-10-9-18-5-3-4-6-20(18)21(22)12-19(13-24)23(25)26/h3-12H,14H2,1-2H3,(H2,25,26)/b19-12+. The number of benzene rings is 3. The molecular weight excluding hydrogens is 336 g/mol. The predicted molar refractivity (Wildman–Crippen MR) is 107 cm³/mol. The first kappa shape index (κ1) is 18.2. The van der Waals surface area contributed by atoms with Gasteiger partial charge in [0.05, 0.1) is 0 Å². The van der Waals surface area contributed by atoms with Crippen molar-refractivity contribution in [1.82, 2.24) is 0 Å². The molecule has 27 heavy (non-hydrogen) atoms. The molecule has 0 spiro atoms. The first-order valence-corrected chi connectivity index (χ1v) is 8.62. The van der Waals surface area contributed by atoms with Crippen molar-refractivity contribution in [3.8, 4) is 11.8 Å². The maximum Gasteiger partial charge on any atom is 0.259 e. The van der Waals surface area contributed by atoms with E-state index in [2.05, 4.69) is 26.0 Å². The number of fused-ring (bicyclic) bond motifs is 1. The number of nitrogens with two attached hydrogens (primary N) is 1. The number of nitriles is 1. The maximum absolute atomic E-state index is 11.5. The molecule has 0 aromatic heterocycles. The van der Waals surface area contributed by atoms with Crippen LogP contribution < -0.4 is 10.5 Å². The van der Waals surface area contributed by atoms with E-state index in [1.54, 1.807) is 0 Å². The molecule has 0 saturated heterocycles. The molecule has 4 nitrogen and oxygen atoms in total. The highest BCUT2D eigenvalue weighted by Gasteiger charge is 2.11. The van der Waals surface area contributed by atoms with Gasteiger partial charge in [-0.15, -0.1) is 0 Å². The number of hydrogen-bond donors (Lipinski definition) is 1. The Morgan fingerprint density at radius 3 is 2.59 bits per heavy atom. The van der Waals surface area contributed by atoms with Gasteiger partial charge in [-0.1, -0.05) is 48.5 Å². The zero-order valence-electron chi connectivity index (χ0n) is 15.3. The number of hydrogen-bond acceptors (Lipinski definition) is 3. The molecule has 0 radical (unpaired) electrons. The number of aryl methyl sites for hydroxylation is 2. The van der Waals surface area contributed by atoms with Gasteiger partial charge in [0.25, 0.3) is 5.91 Å². The number of nitrogens with zero attached hydrogens (tertiary/aromatic N) is 1. The van der Waals surface area contributed by atoms with E-state index in [-0.39, 0.29) is 5.57 Å². The summed E-state index contributed by atoms with van der Waals surface area (Å²) in [6, 6.07) is 19.6. The topological polar surface area (TPSA) is 76.1 Å². The normalized spacial score (nSPS) is 11.2. The van der Waals surface area contributed by atoms with Crippen molar-refractivity contribution in [1.29, 1.82) is 5.26 Å². The fraction of sp³-hybridized carbons (Fsp3) is 0.130. The van der Waals surface area contributed by atoms with Gasteiger partial charge in [0, 0.05) is 5.56 Å². The summed E-state index contributed by atoms with van der Waals surface area (Å²) in [5.41, 5.74) is 9.37. The van der Waals surface area contributed by atoms with Crippen LogP contribution in [0.2, 0.25) is 0 Å². The molecule has 0 heterocycles. The molecule has 2 N–H and O–H groups in total. The van der Waals surface area contributed by atoms with Crippen LogP contribution in [0.3, 0.4) is 0 Å². The quantitative estimate of drug-likeness (QED) is 0.543. The second kappa shape index (κ2) is 7.76. The van der Waals surface area contributed by atoms with E-state index >= 15 is 0 Å². The minimum absolute atomic E-state index is 0.109. The average Bonchev–Trinajstić information content (AvgIpc) is 2.67. The minimum Gasteiger partial charge on any atom is -0.488 e. The number of carbonyl (C=O) groups is 1. The number of carbonyl (C=O) groups excluding carboxylic acids is 1. The summed E-state index contributed by atoms with van der Waals surface area (Å²) in [6.45, 7) is 4.52. The SMILES string of the molecule is Cc1ccc(COc2ccc3ccccc3c2/C=C(\C#N)C(N)=O)cc1C. The highest BCUT2D eigenvalue weighted by molar-refractivity contribution is 6.04. The van der Waals surface area contributed by atoms with E-state index < -0.39 is 5.91 Å². The van der Waals surface area contributed by atoms with Gasteiger partial charge in [-0.25, -0.2) is 0 Å². The Kier molecular flexibility index (Phi) is 5.23. The fourth-order valence-corrected chi connectivity index (χ4v) is 2.91. The molecule has 0 atom stereocenters. The first-order valence-electron chi connectivity index (χ1n) is 8.62. The molecular formula is C23H20N2O2. The van der Waals surface area contributed by atoms with Crippen molar-refractivity contribution >= 4 is 22.8 Å². The summed E-state index contributed by atoms with van der Waals surface area (Å²) in [5, 5.41) is 11.1. The predicted octanol–water partition coefficient (Wildman–Crippen LogP) is 4.43. The summed E-state index contributed by atoms with van der Waals surface area (Å²) >= 11 is 0. The van der Waals surface area contributed by atoms with E-state index in [4.69, 9.17) is 10.5 Å². The molecule has 3 aromatic rings. The van der Waals surface area contributed by atoms with Crippen LogP contribution in [0.1, 0.15) is 22.3 Å². The first-order chi connectivity index (χ1) is 13.0. The highest BCUT2D eigenvalue weighted by Crippen LogP contribution is 2.31. The molecule has 134 valence electrons. The van der Waals surface area contributed by atoms with Crippen LogP contribution in [-0.4, -0.2) is 5.91 Å². The van der Waals surface area contributed by atoms with E-state index in [1.807, 2.05) is 48.5 Å². The van der Waals surface area contributed by atoms with Gasteiger partial charge in [-0.2, -0.15) is 5.26 Å². The zero-order valence-corrected chi connectivity index (χ0v) is 15.3. The molecule has 0 aliphatic heterocycles. The summed E-state index contributed by atoms with van der Waals surface area (Å²) < 4.78 is 6.05. The minimum atomic E-state index is -0.759. The summed E-state index contributed by atoms with van der Waals surface area (Å²) in [4.78, 5) is 11.5. The van der Waals surface area contributed by atoms with E-state index in [1.165, 1.54) is 17.2 Å². The molecule has 3 aromatic carbocycles. The number of rotatable bonds is 5. The summed E-state index contributed by atoms with van der Waals surface area (Å²) in [5.74, 6) is -0.161. The van der Waals surface area contributed by atoms with Crippen LogP contribution in [0, 0.1) is 25.2 Å². The molecule has 0 aliphatic carbocycles. The Labute approximate surface area is 158 Å². The molecule has 0 saturated carbocycles. The molecule has 0 fully saturated rings. The van der Waals surface area contributed by atoms with Gasteiger partial charge in [0.2, 0.25) is 0 Å². The van der Waals surface area contributed by atoms with Crippen LogP contribution >= 0.6 is 0 Å². The van der Waals surface area contributed by atoms with Gasteiger partial charge < -0.3 is 10.5 Å². The largest absolute Gasteiger partial charge is 0.488 e. The van der Waals surface area contributed by atoms with Crippen LogP contribution in [-0.2, 0) is 11.4 Å². The van der Waals surface area contributed by atoms with Gasteiger partial charge in [0.1, 0.15) is 24.0 Å². The Morgan fingerprint density at radius 2 is 1.89 bits per heavy atom. The maximum atomic E-state index is 11.5. The average molecular weight is 356 g/mol. The van der Waals surface area contributed by atoms with E-state index in [0.717, 1.165) is 16.3 Å². The molecule has 4 heteroatoms. The molecule has 0 unspecified atom stereocenters. The molecule has 3 rings (SSSR count). The summed E-state index contributed by atoms with van der Waals surface area (Å²) in [7, 11) is 0.